The Balaban J connectivity index is 1.61. The third kappa shape index (κ3) is 4.42. The van der Waals surface area contributed by atoms with Gasteiger partial charge in [0.05, 0.1) is 5.92 Å². The molecule has 2 heterocycles. The van der Waals surface area contributed by atoms with Gasteiger partial charge in [0.1, 0.15) is 4.21 Å². The van der Waals surface area contributed by atoms with Gasteiger partial charge in [0.15, 0.2) is 0 Å². The van der Waals surface area contributed by atoms with Gasteiger partial charge in [0.25, 0.3) is 10.0 Å². The number of carbonyl (C=O) groups excluding carboxylic acids is 1. The Morgan fingerprint density at radius 3 is 2.60 bits per heavy atom. The summed E-state index contributed by atoms with van der Waals surface area (Å²) in [4.78, 5) is 13.6. The second-order valence-electron chi connectivity index (χ2n) is 7.19. The second-order valence-corrected chi connectivity index (χ2v) is 10.6. The van der Waals surface area contributed by atoms with E-state index < -0.39 is 10.0 Å². The molecule has 2 fully saturated rings. The number of sulfonamides is 1. The van der Waals surface area contributed by atoms with E-state index in [1.54, 1.807) is 6.07 Å². The zero-order chi connectivity index (χ0) is 18.0. The van der Waals surface area contributed by atoms with Gasteiger partial charge in [-0.05, 0) is 57.6 Å². The van der Waals surface area contributed by atoms with Crippen LogP contribution in [0.25, 0.3) is 0 Å². The van der Waals surface area contributed by atoms with Crippen molar-refractivity contribution < 1.29 is 13.2 Å². The zero-order valence-electron chi connectivity index (χ0n) is 14.6. The van der Waals surface area contributed by atoms with Gasteiger partial charge in [-0.1, -0.05) is 0 Å². The van der Waals surface area contributed by atoms with Crippen LogP contribution >= 0.6 is 11.3 Å². The molecule has 6 nitrogen and oxygen atoms in total. The van der Waals surface area contributed by atoms with Crippen LogP contribution in [0.1, 0.15) is 43.4 Å². The summed E-state index contributed by atoms with van der Waals surface area (Å²) in [5, 5.41) is 3.11. The lowest BCUT2D eigenvalue weighted by Gasteiger charge is -2.33. The Morgan fingerprint density at radius 2 is 1.96 bits per heavy atom. The monoisotopic (exact) mass is 385 g/mol. The summed E-state index contributed by atoms with van der Waals surface area (Å²) in [5.74, 6) is -0.275. The van der Waals surface area contributed by atoms with E-state index in [2.05, 4.69) is 5.32 Å². The van der Waals surface area contributed by atoms with Crippen LogP contribution in [0.15, 0.2) is 16.3 Å². The van der Waals surface area contributed by atoms with Crippen molar-refractivity contribution in [1.29, 1.82) is 0 Å². The maximum absolute atomic E-state index is 12.8. The second kappa shape index (κ2) is 7.73. The van der Waals surface area contributed by atoms with Gasteiger partial charge in [-0.25, -0.2) is 8.42 Å². The third-order valence-corrected chi connectivity index (χ3v) is 8.52. The molecule has 0 bridgehead atoms. The molecule has 8 heteroatoms. The number of hydrogen-bond acceptors (Lipinski definition) is 5. The van der Waals surface area contributed by atoms with Gasteiger partial charge in [-0.3, -0.25) is 4.79 Å². The predicted molar refractivity (Wildman–Crippen MR) is 98.9 cm³/mol. The van der Waals surface area contributed by atoms with E-state index in [-0.39, 0.29) is 30.5 Å². The van der Waals surface area contributed by atoms with Crippen LogP contribution in [0.5, 0.6) is 0 Å². The number of amides is 1. The Morgan fingerprint density at radius 1 is 1.24 bits per heavy atom. The minimum Gasteiger partial charge on any atom is -0.353 e. The maximum Gasteiger partial charge on any atom is 0.252 e. The number of thiophene rings is 1. The molecule has 0 radical (unpaired) electrons. The summed E-state index contributed by atoms with van der Waals surface area (Å²) in [6.45, 7) is 2.66. The van der Waals surface area contributed by atoms with Crippen LogP contribution < -0.4 is 11.1 Å². The molecular formula is C17H27N3O3S2. The quantitative estimate of drug-likeness (QED) is 0.827. The first-order valence-corrected chi connectivity index (χ1v) is 11.2. The van der Waals surface area contributed by atoms with Crippen LogP contribution in [-0.4, -0.2) is 43.8 Å². The number of nitrogens with two attached hydrogens (primary N) is 1. The van der Waals surface area contributed by atoms with Crippen LogP contribution in [0, 0.1) is 12.8 Å². The number of rotatable bonds is 4. The van der Waals surface area contributed by atoms with Crippen LogP contribution in [0.3, 0.4) is 0 Å². The van der Waals surface area contributed by atoms with E-state index in [4.69, 9.17) is 5.73 Å². The highest BCUT2D eigenvalue weighted by Gasteiger charge is 2.34. The first-order valence-electron chi connectivity index (χ1n) is 8.99. The molecule has 140 valence electrons. The lowest BCUT2D eigenvalue weighted by Crippen LogP contribution is -2.48. The van der Waals surface area contributed by atoms with E-state index in [9.17, 15) is 13.2 Å². The van der Waals surface area contributed by atoms with Crippen LogP contribution in [0.4, 0.5) is 0 Å². The van der Waals surface area contributed by atoms with Gasteiger partial charge in [-0.15, -0.1) is 11.3 Å². The van der Waals surface area contributed by atoms with E-state index >= 15 is 0 Å². The summed E-state index contributed by atoms with van der Waals surface area (Å²) >= 11 is 1.28. The summed E-state index contributed by atoms with van der Waals surface area (Å²) < 4.78 is 27.4. The minimum atomic E-state index is -3.49. The fourth-order valence-electron chi connectivity index (χ4n) is 3.64. The molecule has 0 spiro atoms. The third-order valence-electron chi connectivity index (χ3n) is 5.18. The number of nitrogens with zero attached hydrogens (tertiary/aromatic N) is 1. The average Bonchev–Trinajstić information content (AvgIpc) is 3.04. The molecule has 1 unspecified atom stereocenters. The van der Waals surface area contributed by atoms with Gasteiger partial charge in [0.2, 0.25) is 5.91 Å². The molecule has 1 atom stereocenters. The van der Waals surface area contributed by atoms with E-state index in [1.807, 2.05) is 13.0 Å². The number of hydrogen-bond donors (Lipinski definition) is 2. The largest absolute Gasteiger partial charge is 0.353 e. The topological polar surface area (TPSA) is 92.5 Å². The molecule has 1 amide bonds. The number of piperidine rings is 1. The average molecular weight is 386 g/mol. The smallest absolute Gasteiger partial charge is 0.252 e. The lowest BCUT2D eigenvalue weighted by atomic mass is 9.91. The van der Waals surface area contributed by atoms with Crippen LogP contribution in [0.2, 0.25) is 0 Å². The van der Waals surface area contributed by atoms with Crippen molar-refractivity contribution in [2.45, 2.75) is 61.7 Å². The number of aryl methyl sites for hydroxylation is 1. The Labute approximate surface area is 153 Å². The van der Waals surface area contributed by atoms with Gasteiger partial charge in [-0.2, -0.15) is 4.31 Å². The van der Waals surface area contributed by atoms with E-state index in [0.29, 0.717) is 10.8 Å². The lowest BCUT2D eigenvalue weighted by molar-refractivity contribution is -0.127. The summed E-state index contributed by atoms with van der Waals surface area (Å²) in [6.07, 6.45) is 5.17. The molecule has 1 aliphatic carbocycles. The fraction of sp³-hybridized carbons (Fsp3) is 0.706. The molecule has 1 aromatic rings. The zero-order valence-corrected chi connectivity index (χ0v) is 16.2. The summed E-state index contributed by atoms with van der Waals surface area (Å²) in [7, 11) is -3.49. The van der Waals surface area contributed by atoms with Gasteiger partial charge in [0, 0.05) is 30.1 Å². The van der Waals surface area contributed by atoms with Crippen molar-refractivity contribution in [2.75, 3.05) is 13.1 Å². The highest BCUT2D eigenvalue weighted by molar-refractivity contribution is 7.91. The Hall–Kier alpha value is -0.960. The predicted octanol–water partition coefficient (Wildman–Crippen LogP) is 1.84. The van der Waals surface area contributed by atoms with E-state index in [0.717, 1.165) is 43.4 Å². The molecule has 1 aromatic heterocycles. The Kier molecular flexibility index (Phi) is 5.82. The van der Waals surface area contributed by atoms with E-state index in [1.165, 1.54) is 15.6 Å². The van der Waals surface area contributed by atoms with Crippen molar-refractivity contribution >= 4 is 27.3 Å². The van der Waals surface area contributed by atoms with Crippen molar-refractivity contribution in [3.05, 3.63) is 17.0 Å². The standard InChI is InChI=1S/C17H27N3O3S2/c1-12-4-9-16(24-12)25(22,23)20-10-2-3-13(11-20)17(21)19-15-7-5-14(18)6-8-15/h4,9,13-15H,2-3,5-8,10-11,18H2,1H3,(H,19,21). The number of nitrogens with one attached hydrogen (secondary N) is 1. The fourth-order valence-corrected chi connectivity index (χ4v) is 6.60. The molecule has 2 aliphatic rings. The highest BCUT2D eigenvalue weighted by Crippen LogP contribution is 2.28. The molecular weight excluding hydrogens is 358 g/mol. The first-order chi connectivity index (χ1) is 11.9. The SMILES string of the molecule is Cc1ccc(S(=O)(=O)N2CCCC(C(=O)NC3CCC(N)CC3)C2)s1. The molecule has 1 aliphatic heterocycles. The van der Waals surface area contributed by atoms with Crippen molar-refractivity contribution in [2.24, 2.45) is 11.7 Å². The molecule has 0 aromatic carbocycles. The van der Waals surface area contributed by atoms with Gasteiger partial charge < -0.3 is 11.1 Å². The highest BCUT2D eigenvalue weighted by atomic mass is 32.2. The molecule has 3 rings (SSSR count). The first kappa shape index (κ1) is 18.8. The molecule has 1 saturated heterocycles. The van der Waals surface area contributed by atoms with Crippen molar-refractivity contribution in [3.63, 3.8) is 0 Å². The van der Waals surface area contributed by atoms with Crippen molar-refractivity contribution in [3.8, 4) is 0 Å². The minimum absolute atomic E-state index is 0.0114. The summed E-state index contributed by atoms with van der Waals surface area (Å²) in [5.41, 5.74) is 5.91. The van der Waals surface area contributed by atoms with Gasteiger partial charge >= 0.3 is 0 Å². The van der Waals surface area contributed by atoms with Crippen molar-refractivity contribution in [1.82, 2.24) is 9.62 Å². The molecule has 3 N–H and O–H groups in total. The number of carbonyl (C=O) groups is 1. The molecule has 25 heavy (non-hydrogen) atoms. The molecule has 1 saturated carbocycles. The van der Waals surface area contributed by atoms with Crippen LogP contribution in [-0.2, 0) is 14.8 Å². The summed E-state index contributed by atoms with van der Waals surface area (Å²) in [6, 6.07) is 3.90. The normalized spacial score (nSPS) is 28.6. The maximum atomic E-state index is 12.8. The Bertz CT molecular complexity index is 708.